The molecule has 0 spiro atoms. The van der Waals surface area contributed by atoms with Gasteiger partial charge in [0.25, 0.3) is 0 Å². The van der Waals surface area contributed by atoms with Crippen LogP contribution in [0.15, 0.2) is 35.8 Å². The molecule has 0 aromatic rings. The number of carbonyl (C=O) groups excluding carboxylic acids is 1. The Hall–Kier alpha value is -1.42. The third-order valence-corrected chi connectivity index (χ3v) is 1.95. The van der Waals surface area contributed by atoms with Crippen molar-refractivity contribution in [2.75, 3.05) is 0 Å². The van der Waals surface area contributed by atoms with Gasteiger partial charge in [0.05, 0.1) is 5.54 Å². The first-order valence-corrected chi connectivity index (χ1v) is 4.61. The second-order valence-corrected chi connectivity index (χ2v) is 4.30. The normalized spacial score (nSPS) is 19.4. The molecule has 0 fully saturated rings. The molecular weight excluding hydrogens is 197 g/mol. The number of hydrogen-bond donors (Lipinski definition) is 1. The molecule has 0 aromatic heterocycles. The maximum Gasteiger partial charge on any atom is 0.222 e. The van der Waals surface area contributed by atoms with Gasteiger partial charge in [-0.1, -0.05) is 6.08 Å². The van der Waals surface area contributed by atoms with Crippen molar-refractivity contribution in [1.82, 2.24) is 5.06 Å². The van der Waals surface area contributed by atoms with E-state index in [1.54, 1.807) is 20.8 Å². The van der Waals surface area contributed by atoms with Crippen LogP contribution in [0.25, 0.3) is 0 Å². The van der Waals surface area contributed by atoms with E-state index < -0.39 is 17.1 Å². The van der Waals surface area contributed by atoms with Gasteiger partial charge in [-0.2, -0.15) is 0 Å². The highest BCUT2D eigenvalue weighted by molar-refractivity contribution is 6.09. The fourth-order valence-electron chi connectivity index (χ4n) is 0.953. The molecule has 82 valence electrons. The van der Waals surface area contributed by atoms with E-state index in [9.17, 15) is 14.4 Å². The molecule has 0 aromatic carbocycles. The molecule has 0 saturated heterocycles. The highest BCUT2D eigenvalue weighted by atomic mass is 19.1. The number of Topliss-reactive ketones (excluding diaryl/α,β-unsaturated/α-hetero) is 1. The monoisotopic (exact) mass is 211 g/mol. The Morgan fingerprint density at radius 1 is 1.47 bits per heavy atom. The predicted molar refractivity (Wildman–Crippen MR) is 54.8 cm³/mol. The first-order valence-electron chi connectivity index (χ1n) is 4.61. The zero-order valence-corrected chi connectivity index (χ0v) is 8.99. The third kappa shape index (κ3) is 2.76. The maximum absolute atomic E-state index is 12.9. The van der Waals surface area contributed by atoms with Crippen molar-refractivity contribution in [3.63, 3.8) is 0 Å². The molecule has 0 heterocycles. The lowest BCUT2D eigenvalue weighted by atomic mass is 10.0. The van der Waals surface area contributed by atoms with Crippen LogP contribution in [0, 0.1) is 0 Å². The van der Waals surface area contributed by atoms with Gasteiger partial charge in [0, 0.05) is 11.8 Å². The van der Waals surface area contributed by atoms with E-state index in [1.807, 2.05) is 0 Å². The summed E-state index contributed by atoms with van der Waals surface area (Å²) in [7, 11) is 0. The molecule has 0 unspecified atom stereocenters. The number of allylic oxidation sites excluding steroid dienone is 5. The summed E-state index contributed by atoms with van der Waals surface area (Å²) >= 11 is 0. The summed E-state index contributed by atoms with van der Waals surface area (Å²) in [5, 5.41) is 10.5. The second-order valence-electron chi connectivity index (χ2n) is 4.30. The minimum absolute atomic E-state index is 0.132. The molecule has 1 rings (SSSR count). The number of hydroxylamine groups is 2. The topological polar surface area (TPSA) is 40.5 Å². The fourth-order valence-corrected chi connectivity index (χ4v) is 0.953. The van der Waals surface area contributed by atoms with Crippen LogP contribution >= 0.6 is 0 Å². The van der Waals surface area contributed by atoms with Gasteiger partial charge in [-0.15, -0.1) is 0 Å². The highest BCUT2D eigenvalue weighted by Gasteiger charge is 2.21. The van der Waals surface area contributed by atoms with Crippen molar-refractivity contribution in [3.05, 3.63) is 35.8 Å². The number of carbonyl (C=O) groups is 1. The number of rotatable bonds is 1. The second kappa shape index (κ2) is 3.98. The number of ketones is 1. The molecule has 1 N–H and O–H groups in total. The molecule has 1 aliphatic rings. The third-order valence-electron chi connectivity index (χ3n) is 1.95. The molecule has 0 radical (unpaired) electrons. The van der Waals surface area contributed by atoms with E-state index >= 15 is 0 Å². The lowest BCUT2D eigenvalue weighted by molar-refractivity contribution is -0.117. The molecule has 1 aliphatic carbocycles. The van der Waals surface area contributed by atoms with Crippen molar-refractivity contribution in [1.29, 1.82) is 0 Å². The molecule has 0 aliphatic heterocycles. The average molecular weight is 211 g/mol. The Bertz CT molecular complexity index is 361. The van der Waals surface area contributed by atoms with E-state index in [1.165, 1.54) is 18.4 Å². The van der Waals surface area contributed by atoms with Gasteiger partial charge in [0.1, 0.15) is 0 Å². The Morgan fingerprint density at radius 2 is 2.07 bits per heavy atom. The Labute approximate surface area is 88.1 Å². The SMILES string of the molecule is CC(C)(C)N(O)/C=C1/C=CC=C(F)C1=O. The van der Waals surface area contributed by atoms with Gasteiger partial charge in [0.2, 0.25) is 5.78 Å². The van der Waals surface area contributed by atoms with Crippen molar-refractivity contribution in [2.24, 2.45) is 0 Å². The van der Waals surface area contributed by atoms with Crippen molar-refractivity contribution >= 4 is 5.78 Å². The molecule has 4 heteroatoms. The van der Waals surface area contributed by atoms with E-state index in [0.29, 0.717) is 0 Å². The summed E-state index contributed by atoms with van der Waals surface area (Å²) in [5.74, 6) is -1.52. The van der Waals surface area contributed by atoms with E-state index in [4.69, 9.17) is 0 Å². The molecular formula is C11H14FNO2. The van der Waals surface area contributed by atoms with Crippen molar-refractivity contribution in [3.8, 4) is 0 Å². The minimum Gasteiger partial charge on any atom is -0.288 e. The Kier molecular flexibility index (Phi) is 3.09. The van der Waals surface area contributed by atoms with Gasteiger partial charge >= 0.3 is 0 Å². The first-order chi connectivity index (χ1) is 6.82. The lowest BCUT2D eigenvalue weighted by Gasteiger charge is -2.28. The highest BCUT2D eigenvalue weighted by Crippen LogP contribution is 2.18. The molecule has 0 saturated carbocycles. The lowest BCUT2D eigenvalue weighted by Crippen LogP contribution is -2.35. The quantitative estimate of drug-likeness (QED) is 0.534. The number of nitrogens with zero attached hydrogens (tertiary/aromatic N) is 1. The van der Waals surface area contributed by atoms with Crippen molar-refractivity contribution in [2.45, 2.75) is 26.3 Å². The summed E-state index contributed by atoms with van der Waals surface area (Å²) < 4.78 is 12.9. The average Bonchev–Trinajstić information content (AvgIpc) is 2.11. The van der Waals surface area contributed by atoms with Crippen LogP contribution in [0.3, 0.4) is 0 Å². The summed E-state index contributed by atoms with van der Waals surface area (Å²) in [5.41, 5.74) is -0.397. The van der Waals surface area contributed by atoms with Gasteiger partial charge in [-0.25, -0.2) is 4.39 Å². The van der Waals surface area contributed by atoms with Crippen LogP contribution in [-0.4, -0.2) is 21.6 Å². The van der Waals surface area contributed by atoms with Gasteiger partial charge in [-0.05, 0) is 32.9 Å². The summed E-state index contributed by atoms with van der Waals surface area (Å²) in [6, 6.07) is 0. The van der Waals surface area contributed by atoms with Crippen LogP contribution in [0.1, 0.15) is 20.8 Å². The standard InChI is InChI=1S/C11H14FNO2/c1-11(2,3)13(15)7-8-5-4-6-9(12)10(8)14/h4-7,15H,1-3H3/b8-7-. The molecule has 0 atom stereocenters. The zero-order valence-electron chi connectivity index (χ0n) is 8.99. The predicted octanol–water partition coefficient (Wildman–Crippen LogP) is 2.35. The number of hydrogen-bond acceptors (Lipinski definition) is 3. The van der Waals surface area contributed by atoms with Gasteiger partial charge in [-0.3, -0.25) is 15.1 Å². The maximum atomic E-state index is 12.9. The summed E-state index contributed by atoms with van der Waals surface area (Å²) in [6.45, 7) is 5.31. The molecule has 3 nitrogen and oxygen atoms in total. The van der Waals surface area contributed by atoms with E-state index in [0.717, 1.165) is 11.1 Å². The molecule has 15 heavy (non-hydrogen) atoms. The van der Waals surface area contributed by atoms with Crippen LogP contribution in [0.5, 0.6) is 0 Å². The first kappa shape index (κ1) is 11.7. The minimum atomic E-state index is -0.814. The van der Waals surface area contributed by atoms with Gasteiger partial charge in [0.15, 0.2) is 5.83 Å². The smallest absolute Gasteiger partial charge is 0.222 e. The molecule has 0 amide bonds. The summed E-state index contributed by atoms with van der Waals surface area (Å²) in [4.78, 5) is 11.3. The van der Waals surface area contributed by atoms with Crippen LogP contribution in [0.2, 0.25) is 0 Å². The number of halogens is 1. The van der Waals surface area contributed by atoms with Gasteiger partial charge < -0.3 is 0 Å². The van der Waals surface area contributed by atoms with Crippen LogP contribution in [-0.2, 0) is 4.79 Å². The van der Waals surface area contributed by atoms with Crippen molar-refractivity contribution < 1.29 is 14.4 Å². The fraction of sp³-hybridized carbons (Fsp3) is 0.364. The van der Waals surface area contributed by atoms with Crippen LogP contribution < -0.4 is 0 Å². The summed E-state index contributed by atoms with van der Waals surface area (Å²) in [6.07, 6.45) is 5.21. The Balaban J connectivity index is 2.91. The molecule has 0 bridgehead atoms. The van der Waals surface area contributed by atoms with Crippen LogP contribution in [0.4, 0.5) is 4.39 Å². The zero-order chi connectivity index (χ0) is 11.6. The van der Waals surface area contributed by atoms with E-state index in [2.05, 4.69) is 0 Å². The Morgan fingerprint density at radius 3 is 2.60 bits per heavy atom. The van der Waals surface area contributed by atoms with E-state index in [-0.39, 0.29) is 5.57 Å². The largest absolute Gasteiger partial charge is 0.288 e.